The van der Waals surface area contributed by atoms with Gasteiger partial charge in [0.1, 0.15) is 0 Å². The molecule has 0 saturated heterocycles. The lowest BCUT2D eigenvalue weighted by Gasteiger charge is -2.02. The molecule has 116 valence electrons. The minimum atomic E-state index is -0.404. The number of carbonyl (C=O) groups is 1. The maximum atomic E-state index is 12.1. The highest BCUT2D eigenvalue weighted by Crippen LogP contribution is 2.20. The van der Waals surface area contributed by atoms with Gasteiger partial charge in [0.05, 0.1) is 0 Å². The van der Waals surface area contributed by atoms with Crippen molar-refractivity contribution in [3.63, 3.8) is 0 Å². The van der Waals surface area contributed by atoms with Crippen molar-refractivity contribution in [2.75, 3.05) is 0 Å². The second kappa shape index (κ2) is 6.62. The van der Waals surface area contributed by atoms with Gasteiger partial charge in [0, 0.05) is 17.1 Å². The molecule has 23 heavy (non-hydrogen) atoms. The largest absolute Gasteiger partial charge is 0.412 e. The molecule has 1 amide bonds. The Morgan fingerprint density at radius 1 is 1.09 bits per heavy atom. The Morgan fingerprint density at radius 3 is 2.48 bits per heavy atom. The molecule has 0 radical (unpaired) electrons. The number of aryl methyl sites for hydroxylation is 1. The zero-order valence-electron chi connectivity index (χ0n) is 12.4. The van der Waals surface area contributed by atoms with Crippen molar-refractivity contribution in [1.82, 2.24) is 15.5 Å². The lowest BCUT2D eigenvalue weighted by molar-refractivity contribution is 0.0917. The van der Waals surface area contributed by atoms with Crippen LogP contribution in [0.2, 0.25) is 5.02 Å². The molecule has 6 heteroatoms. The van der Waals surface area contributed by atoms with E-state index in [2.05, 4.69) is 15.5 Å². The predicted molar refractivity (Wildman–Crippen MR) is 87.1 cm³/mol. The van der Waals surface area contributed by atoms with Gasteiger partial charge in [0.2, 0.25) is 5.89 Å². The zero-order chi connectivity index (χ0) is 16.2. The molecule has 1 N–H and O–H groups in total. The van der Waals surface area contributed by atoms with Gasteiger partial charge in [-0.3, -0.25) is 4.79 Å². The van der Waals surface area contributed by atoms with Gasteiger partial charge in [-0.15, -0.1) is 10.2 Å². The normalized spacial score (nSPS) is 10.5. The van der Waals surface area contributed by atoms with Crippen LogP contribution in [0.5, 0.6) is 0 Å². The van der Waals surface area contributed by atoms with E-state index in [4.69, 9.17) is 16.0 Å². The van der Waals surface area contributed by atoms with Crippen LogP contribution in [0.15, 0.2) is 52.9 Å². The molecule has 0 bridgehead atoms. The predicted octanol–water partition coefficient (Wildman–Crippen LogP) is 3.63. The van der Waals surface area contributed by atoms with Crippen LogP contribution in [-0.4, -0.2) is 16.1 Å². The fourth-order valence-electron chi connectivity index (χ4n) is 1.99. The van der Waals surface area contributed by atoms with Crippen molar-refractivity contribution in [3.8, 4) is 11.5 Å². The molecule has 3 aromatic rings. The summed E-state index contributed by atoms with van der Waals surface area (Å²) in [6.45, 7) is 2.41. The minimum absolute atomic E-state index is 0.0675. The summed E-state index contributed by atoms with van der Waals surface area (Å²) in [5.74, 6) is -0.192. The SMILES string of the molecule is Cc1ccc(CNC(=O)c2nnc(-c3ccc(Cl)cc3)o2)cc1. The summed E-state index contributed by atoms with van der Waals surface area (Å²) in [6, 6.07) is 14.9. The molecule has 1 heterocycles. The Labute approximate surface area is 138 Å². The van der Waals surface area contributed by atoms with Crippen LogP contribution in [-0.2, 0) is 6.54 Å². The highest BCUT2D eigenvalue weighted by Gasteiger charge is 2.15. The molecule has 0 aliphatic rings. The van der Waals surface area contributed by atoms with Crippen LogP contribution in [0, 0.1) is 6.92 Å². The van der Waals surface area contributed by atoms with E-state index in [0.717, 1.165) is 5.56 Å². The molecule has 0 spiro atoms. The molecule has 0 atom stereocenters. The number of amides is 1. The first kappa shape index (κ1) is 15.2. The van der Waals surface area contributed by atoms with Gasteiger partial charge in [0.15, 0.2) is 0 Å². The van der Waals surface area contributed by atoms with Crippen LogP contribution < -0.4 is 5.32 Å². The Kier molecular flexibility index (Phi) is 4.39. The Hall–Kier alpha value is -2.66. The van der Waals surface area contributed by atoms with E-state index >= 15 is 0 Å². The van der Waals surface area contributed by atoms with E-state index in [9.17, 15) is 4.79 Å². The Bertz CT molecular complexity index is 811. The molecule has 0 aliphatic carbocycles. The molecule has 0 unspecified atom stereocenters. The molecular formula is C17H14ClN3O2. The molecule has 0 fully saturated rings. The van der Waals surface area contributed by atoms with Gasteiger partial charge in [-0.2, -0.15) is 0 Å². The zero-order valence-corrected chi connectivity index (χ0v) is 13.2. The number of benzene rings is 2. The van der Waals surface area contributed by atoms with Gasteiger partial charge < -0.3 is 9.73 Å². The van der Waals surface area contributed by atoms with E-state index in [1.807, 2.05) is 31.2 Å². The summed E-state index contributed by atoms with van der Waals surface area (Å²) in [5, 5.41) is 11.0. The molecule has 0 saturated carbocycles. The standard InChI is InChI=1S/C17H14ClN3O2/c1-11-2-4-12(5-3-11)10-19-15(22)17-21-20-16(23-17)13-6-8-14(18)9-7-13/h2-9H,10H2,1H3,(H,19,22). The lowest BCUT2D eigenvalue weighted by atomic mass is 10.1. The Balaban J connectivity index is 1.66. The van der Waals surface area contributed by atoms with Crippen molar-refractivity contribution in [3.05, 3.63) is 70.6 Å². The number of nitrogens with zero attached hydrogens (tertiary/aromatic N) is 2. The van der Waals surface area contributed by atoms with Gasteiger partial charge in [-0.05, 0) is 36.8 Å². The van der Waals surface area contributed by atoms with Crippen molar-refractivity contribution >= 4 is 17.5 Å². The molecule has 2 aromatic carbocycles. The van der Waals surface area contributed by atoms with E-state index in [0.29, 0.717) is 17.1 Å². The van der Waals surface area contributed by atoms with E-state index in [1.54, 1.807) is 24.3 Å². The van der Waals surface area contributed by atoms with E-state index in [1.165, 1.54) is 5.56 Å². The number of rotatable bonds is 4. The fourth-order valence-corrected chi connectivity index (χ4v) is 2.11. The van der Waals surface area contributed by atoms with Crippen molar-refractivity contribution < 1.29 is 9.21 Å². The maximum Gasteiger partial charge on any atom is 0.309 e. The molecule has 3 rings (SSSR count). The monoisotopic (exact) mass is 327 g/mol. The quantitative estimate of drug-likeness (QED) is 0.794. The van der Waals surface area contributed by atoms with E-state index in [-0.39, 0.29) is 11.8 Å². The highest BCUT2D eigenvalue weighted by molar-refractivity contribution is 6.30. The summed E-state index contributed by atoms with van der Waals surface area (Å²) in [7, 11) is 0. The average Bonchev–Trinajstić information content (AvgIpc) is 3.05. The number of nitrogens with one attached hydrogen (secondary N) is 1. The second-order valence-corrected chi connectivity index (χ2v) is 5.52. The van der Waals surface area contributed by atoms with Crippen LogP contribution >= 0.6 is 11.6 Å². The highest BCUT2D eigenvalue weighted by atomic mass is 35.5. The maximum absolute atomic E-state index is 12.1. The van der Waals surface area contributed by atoms with Crippen molar-refractivity contribution in [1.29, 1.82) is 0 Å². The molecule has 5 nitrogen and oxygen atoms in total. The van der Waals surface area contributed by atoms with Crippen molar-refractivity contribution in [2.24, 2.45) is 0 Å². The van der Waals surface area contributed by atoms with Crippen LogP contribution in [0.1, 0.15) is 21.8 Å². The van der Waals surface area contributed by atoms with Crippen molar-refractivity contribution in [2.45, 2.75) is 13.5 Å². The van der Waals surface area contributed by atoms with Crippen LogP contribution in [0.3, 0.4) is 0 Å². The Morgan fingerprint density at radius 2 is 1.78 bits per heavy atom. The summed E-state index contributed by atoms with van der Waals surface area (Å²) in [6.07, 6.45) is 0. The third-order valence-electron chi connectivity index (χ3n) is 3.28. The number of carbonyl (C=O) groups excluding carboxylic acids is 1. The van der Waals surface area contributed by atoms with Gasteiger partial charge >= 0.3 is 11.8 Å². The summed E-state index contributed by atoms with van der Waals surface area (Å²) >= 11 is 5.83. The number of halogens is 1. The second-order valence-electron chi connectivity index (χ2n) is 5.09. The smallest absolute Gasteiger partial charge is 0.309 e. The summed E-state index contributed by atoms with van der Waals surface area (Å²) < 4.78 is 5.40. The molecular weight excluding hydrogens is 314 g/mol. The van der Waals surface area contributed by atoms with Crippen LogP contribution in [0.25, 0.3) is 11.5 Å². The van der Waals surface area contributed by atoms with E-state index < -0.39 is 5.91 Å². The number of hydrogen-bond donors (Lipinski definition) is 1. The summed E-state index contributed by atoms with van der Waals surface area (Å²) in [4.78, 5) is 12.1. The topological polar surface area (TPSA) is 68.0 Å². The first-order chi connectivity index (χ1) is 11.1. The number of hydrogen-bond acceptors (Lipinski definition) is 4. The first-order valence-electron chi connectivity index (χ1n) is 7.05. The van der Waals surface area contributed by atoms with Gasteiger partial charge in [-0.25, -0.2) is 0 Å². The lowest BCUT2D eigenvalue weighted by Crippen LogP contribution is -2.23. The first-order valence-corrected chi connectivity index (χ1v) is 7.43. The number of aromatic nitrogens is 2. The fraction of sp³-hybridized carbons (Fsp3) is 0.118. The van der Waals surface area contributed by atoms with Crippen LogP contribution in [0.4, 0.5) is 0 Å². The minimum Gasteiger partial charge on any atom is -0.412 e. The third kappa shape index (κ3) is 3.76. The molecule has 0 aliphatic heterocycles. The molecule has 1 aromatic heterocycles. The van der Waals surface area contributed by atoms with Gasteiger partial charge in [0.25, 0.3) is 0 Å². The average molecular weight is 328 g/mol. The summed E-state index contributed by atoms with van der Waals surface area (Å²) in [5.41, 5.74) is 2.88. The van der Waals surface area contributed by atoms with Gasteiger partial charge in [-0.1, -0.05) is 41.4 Å². The third-order valence-corrected chi connectivity index (χ3v) is 3.54.